The van der Waals surface area contributed by atoms with Crippen molar-refractivity contribution in [3.63, 3.8) is 0 Å². The maximum absolute atomic E-state index is 12.2. The molecular formula is C17H20N4O2. The number of urea groups is 1. The van der Waals surface area contributed by atoms with Gasteiger partial charge < -0.3 is 21.3 Å². The SMILES string of the molecule is CCN(CC(=O)Nc1cccc(NC(N)=O)c1)c1ccccc1. The number of para-hydroxylation sites is 1. The highest BCUT2D eigenvalue weighted by molar-refractivity contribution is 5.95. The Bertz CT molecular complexity index is 673. The van der Waals surface area contributed by atoms with Crippen LogP contribution in [0.2, 0.25) is 0 Å². The largest absolute Gasteiger partial charge is 0.362 e. The first-order valence-electron chi connectivity index (χ1n) is 7.35. The van der Waals surface area contributed by atoms with E-state index in [-0.39, 0.29) is 12.5 Å². The molecular weight excluding hydrogens is 292 g/mol. The molecule has 0 saturated heterocycles. The van der Waals surface area contributed by atoms with Crippen LogP contribution in [0.1, 0.15) is 6.92 Å². The number of carbonyl (C=O) groups excluding carboxylic acids is 2. The van der Waals surface area contributed by atoms with Gasteiger partial charge in [0.25, 0.3) is 0 Å². The van der Waals surface area contributed by atoms with Gasteiger partial charge in [-0.25, -0.2) is 4.79 Å². The maximum atomic E-state index is 12.2. The van der Waals surface area contributed by atoms with E-state index in [0.717, 1.165) is 12.2 Å². The molecule has 0 aliphatic heterocycles. The highest BCUT2D eigenvalue weighted by Crippen LogP contribution is 2.16. The van der Waals surface area contributed by atoms with Gasteiger partial charge >= 0.3 is 6.03 Å². The van der Waals surface area contributed by atoms with Gasteiger partial charge in [0.2, 0.25) is 5.91 Å². The summed E-state index contributed by atoms with van der Waals surface area (Å²) in [5, 5.41) is 5.29. The quantitative estimate of drug-likeness (QED) is 0.766. The zero-order valence-corrected chi connectivity index (χ0v) is 13.0. The van der Waals surface area contributed by atoms with Gasteiger partial charge in [-0.15, -0.1) is 0 Å². The first-order valence-corrected chi connectivity index (χ1v) is 7.35. The van der Waals surface area contributed by atoms with Crippen molar-refractivity contribution >= 4 is 29.0 Å². The van der Waals surface area contributed by atoms with E-state index in [0.29, 0.717) is 11.4 Å². The van der Waals surface area contributed by atoms with Crippen LogP contribution in [-0.4, -0.2) is 25.0 Å². The summed E-state index contributed by atoms with van der Waals surface area (Å²) < 4.78 is 0. The third-order valence-electron chi connectivity index (χ3n) is 3.25. The number of benzene rings is 2. The second-order valence-corrected chi connectivity index (χ2v) is 4.97. The van der Waals surface area contributed by atoms with Crippen molar-refractivity contribution in [1.82, 2.24) is 0 Å². The maximum Gasteiger partial charge on any atom is 0.316 e. The molecule has 120 valence electrons. The Morgan fingerprint density at radius 1 is 1.00 bits per heavy atom. The standard InChI is InChI=1S/C17H20N4O2/c1-2-21(15-9-4-3-5-10-15)12-16(22)19-13-7-6-8-14(11-13)20-17(18)23/h3-11H,2,12H2,1H3,(H,19,22)(H3,18,20,23). The van der Waals surface area contributed by atoms with Crippen LogP contribution in [0.4, 0.5) is 21.9 Å². The third-order valence-corrected chi connectivity index (χ3v) is 3.25. The smallest absolute Gasteiger partial charge is 0.316 e. The molecule has 0 bridgehead atoms. The molecule has 3 amide bonds. The van der Waals surface area contributed by atoms with Crippen molar-refractivity contribution in [3.8, 4) is 0 Å². The zero-order chi connectivity index (χ0) is 16.7. The summed E-state index contributed by atoms with van der Waals surface area (Å²) in [4.78, 5) is 25.1. The van der Waals surface area contributed by atoms with Crippen molar-refractivity contribution in [2.75, 3.05) is 28.6 Å². The molecule has 0 spiro atoms. The molecule has 0 atom stereocenters. The molecule has 0 aliphatic rings. The molecule has 0 unspecified atom stereocenters. The Labute approximate surface area is 135 Å². The molecule has 0 fully saturated rings. The van der Waals surface area contributed by atoms with E-state index in [9.17, 15) is 9.59 Å². The van der Waals surface area contributed by atoms with Crippen molar-refractivity contribution < 1.29 is 9.59 Å². The van der Waals surface area contributed by atoms with E-state index in [1.807, 2.05) is 42.2 Å². The second-order valence-electron chi connectivity index (χ2n) is 4.97. The summed E-state index contributed by atoms with van der Waals surface area (Å²) in [6.07, 6.45) is 0. The minimum atomic E-state index is -0.644. The molecule has 6 heteroatoms. The fourth-order valence-corrected chi connectivity index (χ4v) is 2.22. The Morgan fingerprint density at radius 2 is 1.65 bits per heavy atom. The number of likely N-dealkylation sites (N-methyl/N-ethyl adjacent to an activating group) is 1. The van der Waals surface area contributed by atoms with Crippen LogP contribution in [0, 0.1) is 0 Å². The topological polar surface area (TPSA) is 87.5 Å². The molecule has 6 nitrogen and oxygen atoms in total. The Kier molecular flexibility index (Phi) is 5.57. The summed E-state index contributed by atoms with van der Waals surface area (Å²) in [5.41, 5.74) is 7.21. The zero-order valence-electron chi connectivity index (χ0n) is 13.0. The first-order chi connectivity index (χ1) is 11.1. The summed E-state index contributed by atoms with van der Waals surface area (Å²) in [7, 11) is 0. The van der Waals surface area contributed by atoms with Gasteiger partial charge in [-0.1, -0.05) is 24.3 Å². The molecule has 2 aromatic carbocycles. The summed E-state index contributed by atoms with van der Waals surface area (Å²) in [6.45, 7) is 2.96. The second kappa shape index (κ2) is 7.84. The average Bonchev–Trinajstić information content (AvgIpc) is 2.53. The minimum Gasteiger partial charge on any atom is -0.362 e. The average molecular weight is 312 g/mol. The normalized spacial score (nSPS) is 9.96. The number of carbonyl (C=O) groups is 2. The number of hydrogen-bond acceptors (Lipinski definition) is 3. The van der Waals surface area contributed by atoms with Gasteiger partial charge in [-0.3, -0.25) is 4.79 Å². The monoisotopic (exact) mass is 312 g/mol. The van der Waals surface area contributed by atoms with E-state index < -0.39 is 6.03 Å². The fraction of sp³-hybridized carbons (Fsp3) is 0.176. The molecule has 2 rings (SSSR count). The predicted octanol–water partition coefficient (Wildman–Crippen LogP) is 2.64. The van der Waals surface area contributed by atoms with Gasteiger partial charge in [0.05, 0.1) is 6.54 Å². The Morgan fingerprint density at radius 3 is 2.26 bits per heavy atom. The third kappa shape index (κ3) is 5.03. The Hall–Kier alpha value is -3.02. The number of nitrogens with one attached hydrogen (secondary N) is 2. The molecule has 0 aromatic heterocycles. The fourth-order valence-electron chi connectivity index (χ4n) is 2.22. The van der Waals surface area contributed by atoms with E-state index in [1.165, 1.54) is 0 Å². The van der Waals surface area contributed by atoms with E-state index in [2.05, 4.69) is 10.6 Å². The van der Waals surface area contributed by atoms with Crippen LogP contribution >= 0.6 is 0 Å². The lowest BCUT2D eigenvalue weighted by molar-refractivity contribution is -0.115. The number of amides is 3. The number of primary amides is 1. The highest BCUT2D eigenvalue weighted by Gasteiger charge is 2.10. The van der Waals surface area contributed by atoms with Gasteiger partial charge in [-0.05, 0) is 37.3 Å². The van der Waals surface area contributed by atoms with Crippen LogP contribution in [0.5, 0.6) is 0 Å². The lowest BCUT2D eigenvalue weighted by Gasteiger charge is -2.22. The molecule has 0 heterocycles. The predicted molar refractivity (Wildman–Crippen MR) is 92.6 cm³/mol. The van der Waals surface area contributed by atoms with Gasteiger partial charge in [0.15, 0.2) is 0 Å². The molecule has 4 N–H and O–H groups in total. The molecule has 0 radical (unpaired) electrons. The van der Waals surface area contributed by atoms with E-state index >= 15 is 0 Å². The van der Waals surface area contributed by atoms with E-state index in [4.69, 9.17) is 5.73 Å². The summed E-state index contributed by atoms with van der Waals surface area (Å²) in [5.74, 6) is -0.132. The number of nitrogens with zero attached hydrogens (tertiary/aromatic N) is 1. The van der Waals surface area contributed by atoms with Gasteiger partial charge in [0, 0.05) is 23.6 Å². The molecule has 0 saturated carbocycles. The number of rotatable bonds is 6. The minimum absolute atomic E-state index is 0.132. The van der Waals surface area contributed by atoms with Crippen LogP contribution in [0.15, 0.2) is 54.6 Å². The van der Waals surface area contributed by atoms with Crippen molar-refractivity contribution in [3.05, 3.63) is 54.6 Å². The molecule has 2 aromatic rings. The molecule has 0 aliphatic carbocycles. The number of anilines is 3. The summed E-state index contributed by atoms with van der Waals surface area (Å²) in [6, 6.07) is 15.9. The first kappa shape index (κ1) is 16.4. The van der Waals surface area contributed by atoms with Crippen molar-refractivity contribution in [2.45, 2.75) is 6.92 Å². The lowest BCUT2D eigenvalue weighted by Crippen LogP contribution is -2.33. The van der Waals surface area contributed by atoms with Crippen LogP contribution in [-0.2, 0) is 4.79 Å². The Balaban J connectivity index is 2.00. The van der Waals surface area contributed by atoms with Crippen LogP contribution < -0.4 is 21.3 Å². The van der Waals surface area contributed by atoms with Crippen molar-refractivity contribution in [2.24, 2.45) is 5.73 Å². The van der Waals surface area contributed by atoms with Gasteiger partial charge in [0.1, 0.15) is 0 Å². The van der Waals surface area contributed by atoms with E-state index in [1.54, 1.807) is 24.3 Å². The van der Waals surface area contributed by atoms with Gasteiger partial charge in [-0.2, -0.15) is 0 Å². The van der Waals surface area contributed by atoms with Crippen LogP contribution in [0.25, 0.3) is 0 Å². The molecule has 23 heavy (non-hydrogen) atoms. The highest BCUT2D eigenvalue weighted by atomic mass is 16.2. The van der Waals surface area contributed by atoms with Crippen LogP contribution in [0.3, 0.4) is 0 Å². The number of nitrogens with two attached hydrogens (primary N) is 1. The number of hydrogen-bond donors (Lipinski definition) is 3. The van der Waals surface area contributed by atoms with Crippen molar-refractivity contribution in [1.29, 1.82) is 0 Å². The summed E-state index contributed by atoms with van der Waals surface area (Å²) >= 11 is 0. The lowest BCUT2D eigenvalue weighted by atomic mass is 10.2.